The zero-order valence-electron chi connectivity index (χ0n) is 12.3. The number of anilines is 1. The summed E-state index contributed by atoms with van der Waals surface area (Å²) in [5.41, 5.74) is 0.884. The average Bonchev–Trinajstić information content (AvgIpc) is 3.07. The third-order valence-electron chi connectivity index (χ3n) is 3.54. The van der Waals surface area contributed by atoms with Crippen LogP contribution >= 0.6 is 11.3 Å². The second-order valence-corrected chi connectivity index (χ2v) is 5.89. The van der Waals surface area contributed by atoms with Crippen molar-refractivity contribution >= 4 is 28.3 Å². The summed E-state index contributed by atoms with van der Waals surface area (Å²) in [5, 5.41) is 5.35. The van der Waals surface area contributed by atoms with Gasteiger partial charge in [0.2, 0.25) is 5.91 Å². The minimum absolute atomic E-state index is 0.0320. The van der Waals surface area contributed by atoms with Gasteiger partial charge in [0.15, 0.2) is 5.13 Å². The number of carbonyl (C=O) groups is 2. The molecule has 0 aromatic carbocycles. The summed E-state index contributed by atoms with van der Waals surface area (Å²) in [7, 11) is 1.38. The molecule has 1 aromatic rings. The first-order valence-electron chi connectivity index (χ1n) is 7.04. The van der Waals surface area contributed by atoms with E-state index >= 15 is 0 Å². The van der Waals surface area contributed by atoms with E-state index in [1.807, 2.05) is 12.3 Å². The molecule has 116 valence electrons. The quantitative estimate of drug-likeness (QED) is 0.813. The van der Waals surface area contributed by atoms with Crippen LogP contribution in [0.15, 0.2) is 5.38 Å². The maximum atomic E-state index is 12.1. The maximum absolute atomic E-state index is 12.1. The van der Waals surface area contributed by atoms with Gasteiger partial charge in [-0.05, 0) is 26.2 Å². The van der Waals surface area contributed by atoms with Gasteiger partial charge in [-0.15, -0.1) is 11.3 Å². The van der Waals surface area contributed by atoms with Gasteiger partial charge >= 0.3 is 5.97 Å². The molecule has 0 radical (unpaired) electrons. The summed E-state index contributed by atoms with van der Waals surface area (Å²) >= 11 is 1.40. The van der Waals surface area contributed by atoms with Crippen LogP contribution in [-0.2, 0) is 25.5 Å². The van der Waals surface area contributed by atoms with Gasteiger partial charge in [-0.25, -0.2) is 4.98 Å². The normalized spacial score (nSPS) is 21.2. The predicted octanol–water partition coefficient (Wildman–Crippen LogP) is 2.00. The molecule has 2 heterocycles. The van der Waals surface area contributed by atoms with E-state index in [0.717, 1.165) is 12.1 Å². The predicted molar refractivity (Wildman–Crippen MR) is 79.2 cm³/mol. The number of amides is 1. The number of aryl methyl sites for hydroxylation is 1. The molecular formula is C14H20N2O4S. The molecular weight excluding hydrogens is 292 g/mol. The van der Waals surface area contributed by atoms with Gasteiger partial charge in [0.25, 0.3) is 0 Å². The number of carbonyl (C=O) groups excluding carboxylic acids is 2. The van der Waals surface area contributed by atoms with Gasteiger partial charge in [-0.1, -0.05) is 0 Å². The summed E-state index contributed by atoms with van der Waals surface area (Å²) in [4.78, 5) is 27.5. The molecule has 1 saturated heterocycles. The second kappa shape index (κ2) is 7.51. The Morgan fingerprint density at radius 1 is 1.57 bits per heavy atom. The van der Waals surface area contributed by atoms with E-state index in [1.165, 1.54) is 18.4 Å². The molecule has 1 aliphatic rings. The van der Waals surface area contributed by atoms with Crippen LogP contribution in [0.4, 0.5) is 5.13 Å². The largest absolute Gasteiger partial charge is 0.469 e. The van der Waals surface area contributed by atoms with Crippen molar-refractivity contribution in [1.29, 1.82) is 0 Å². The lowest BCUT2D eigenvalue weighted by molar-refractivity contribution is -0.140. The first kappa shape index (κ1) is 15.9. The number of hydrogen-bond acceptors (Lipinski definition) is 6. The van der Waals surface area contributed by atoms with E-state index in [4.69, 9.17) is 4.74 Å². The molecule has 1 aliphatic heterocycles. The fourth-order valence-corrected chi connectivity index (χ4v) is 3.02. The molecule has 7 heteroatoms. The van der Waals surface area contributed by atoms with Crippen molar-refractivity contribution in [2.45, 2.75) is 38.7 Å². The Morgan fingerprint density at radius 3 is 3.05 bits per heavy atom. The minimum atomic E-state index is -0.214. The van der Waals surface area contributed by atoms with E-state index in [-0.39, 0.29) is 23.9 Å². The van der Waals surface area contributed by atoms with Crippen molar-refractivity contribution in [3.8, 4) is 0 Å². The molecule has 2 atom stereocenters. The number of aromatic nitrogens is 1. The van der Waals surface area contributed by atoms with Crippen LogP contribution in [0.25, 0.3) is 0 Å². The smallest absolute Gasteiger partial charge is 0.305 e. The average molecular weight is 312 g/mol. The third-order valence-corrected chi connectivity index (χ3v) is 4.34. The topological polar surface area (TPSA) is 77.5 Å². The van der Waals surface area contributed by atoms with Gasteiger partial charge in [0, 0.05) is 18.4 Å². The summed E-state index contributed by atoms with van der Waals surface area (Å²) in [6, 6.07) is 0. The highest BCUT2D eigenvalue weighted by Crippen LogP contribution is 2.24. The van der Waals surface area contributed by atoms with E-state index in [0.29, 0.717) is 31.0 Å². The number of hydrogen-bond donors (Lipinski definition) is 1. The summed E-state index contributed by atoms with van der Waals surface area (Å²) in [6.45, 7) is 2.55. The lowest BCUT2D eigenvalue weighted by Gasteiger charge is -2.12. The molecule has 21 heavy (non-hydrogen) atoms. The molecule has 2 unspecified atom stereocenters. The molecule has 1 aromatic heterocycles. The number of methoxy groups -OCH3 is 1. The van der Waals surface area contributed by atoms with Crippen molar-refractivity contribution < 1.29 is 19.1 Å². The molecule has 0 spiro atoms. The number of nitrogens with zero attached hydrogens (tertiary/aromatic N) is 1. The molecule has 1 amide bonds. The Kier molecular flexibility index (Phi) is 5.69. The van der Waals surface area contributed by atoms with Crippen molar-refractivity contribution in [3.05, 3.63) is 11.1 Å². The summed E-state index contributed by atoms with van der Waals surface area (Å²) < 4.78 is 9.98. The monoisotopic (exact) mass is 312 g/mol. The second-order valence-electron chi connectivity index (χ2n) is 5.03. The highest BCUT2D eigenvalue weighted by atomic mass is 32.1. The van der Waals surface area contributed by atoms with Gasteiger partial charge < -0.3 is 14.8 Å². The molecule has 0 saturated carbocycles. The van der Waals surface area contributed by atoms with Crippen LogP contribution in [0.3, 0.4) is 0 Å². The Balaban J connectivity index is 1.80. The summed E-state index contributed by atoms with van der Waals surface area (Å²) in [5.74, 6) is -0.346. The first-order valence-corrected chi connectivity index (χ1v) is 7.92. The lowest BCUT2D eigenvalue weighted by atomic mass is 10.0. The number of nitrogens with one attached hydrogen (secondary N) is 1. The van der Waals surface area contributed by atoms with Gasteiger partial charge in [-0.3, -0.25) is 9.59 Å². The van der Waals surface area contributed by atoms with Crippen molar-refractivity contribution in [3.63, 3.8) is 0 Å². The van der Waals surface area contributed by atoms with E-state index in [1.54, 1.807) is 0 Å². The molecule has 1 fully saturated rings. The van der Waals surface area contributed by atoms with Crippen LogP contribution in [0.2, 0.25) is 0 Å². The van der Waals surface area contributed by atoms with Gasteiger partial charge in [0.05, 0.1) is 24.8 Å². The Bertz CT molecular complexity index is 503. The fourth-order valence-electron chi connectivity index (χ4n) is 2.27. The molecule has 0 aliphatic carbocycles. The zero-order chi connectivity index (χ0) is 15.2. The Morgan fingerprint density at radius 2 is 2.38 bits per heavy atom. The van der Waals surface area contributed by atoms with Gasteiger partial charge in [0.1, 0.15) is 0 Å². The molecule has 6 nitrogen and oxygen atoms in total. The first-order chi connectivity index (χ1) is 10.1. The van der Waals surface area contributed by atoms with E-state index < -0.39 is 0 Å². The highest BCUT2D eigenvalue weighted by molar-refractivity contribution is 7.13. The lowest BCUT2D eigenvalue weighted by Crippen LogP contribution is -2.27. The van der Waals surface area contributed by atoms with E-state index in [2.05, 4.69) is 15.0 Å². The van der Waals surface area contributed by atoms with Crippen LogP contribution in [0, 0.1) is 5.92 Å². The zero-order valence-corrected chi connectivity index (χ0v) is 13.1. The maximum Gasteiger partial charge on any atom is 0.305 e. The van der Waals surface area contributed by atoms with Crippen LogP contribution in [0.5, 0.6) is 0 Å². The minimum Gasteiger partial charge on any atom is -0.469 e. The number of rotatable bonds is 6. The van der Waals surface area contributed by atoms with E-state index in [9.17, 15) is 9.59 Å². The molecule has 1 N–H and O–H groups in total. The van der Waals surface area contributed by atoms with Crippen LogP contribution in [-0.4, -0.2) is 36.7 Å². The Hall–Kier alpha value is -1.47. The van der Waals surface area contributed by atoms with Crippen LogP contribution in [0.1, 0.15) is 31.9 Å². The van der Waals surface area contributed by atoms with Crippen molar-refractivity contribution in [2.24, 2.45) is 5.92 Å². The third kappa shape index (κ3) is 4.50. The highest BCUT2D eigenvalue weighted by Gasteiger charge is 2.31. The molecule has 0 bridgehead atoms. The van der Waals surface area contributed by atoms with Crippen LogP contribution < -0.4 is 5.32 Å². The SMILES string of the molecule is COC(=O)CCCc1csc(NC(=O)C2CCOC2C)n1. The Labute approximate surface area is 127 Å². The number of ether oxygens (including phenoxy) is 2. The summed E-state index contributed by atoms with van der Waals surface area (Å²) in [6.07, 6.45) is 2.49. The van der Waals surface area contributed by atoms with Crippen molar-refractivity contribution in [1.82, 2.24) is 4.98 Å². The fraction of sp³-hybridized carbons (Fsp3) is 0.643. The number of esters is 1. The van der Waals surface area contributed by atoms with Gasteiger partial charge in [-0.2, -0.15) is 0 Å². The number of thiazole rings is 1. The molecule has 2 rings (SSSR count). The van der Waals surface area contributed by atoms with Crippen molar-refractivity contribution in [2.75, 3.05) is 19.0 Å². The standard InChI is InChI=1S/C14H20N2O4S/c1-9-11(6-7-20-9)13(18)16-14-15-10(8-21-14)4-3-5-12(17)19-2/h8-9,11H,3-7H2,1-2H3,(H,15,16,18).